The molecule has 0 aliphatic rings. The van der Waals surface area contributed by atoms with Crippen LogP contribution in [0.15, 0.2) is 30.3 Å². The standard InChI is InChI=1S/C14H16ClNO3/c1-2-8-16(10-14(18)19)13(17)7-6-11-4-3-5-12(15)9-11/h3-7,9H,2,8,10H2,1H3,(H,18,19)/b7-6+. The number of halogens is 1. The summed E-state index contributed by atoms with van der Waals surface area (Å²) in [4.78, 5) is 23.8. The smallest absolute Gasteiger partial charge is 0.323 e. The van der Waals surface area contributed by atoms with Crippen LogP contribution >= 0.6 is 11.6 Å². The van der Waals surface area contributed by atoms with Crippen molar-refractivity contribution in [2.75, 3.05) is 13.1 Å². The molecule has 0 saturated heterocycles. The highest BCUT2D eigenvalue weighted by molar-refractivity contribution is 6.30. The van der Waals surface area contributed by atoms with E-state index in [0.29, 0.717) is 18.0 Å². The van der Waals surface area contributed by atoms with Gasteiger partial charge in [-0.1, -0.05) is 30.7 Å². The van der Waals surface area contributed by atoms with E-state index in [1.165, 1.54) is 11.0 Å². The summed E-state index contributed by atoms with van der Waals surface area (Å²) in [7, 11) is 0. The zero-order chi connectivity index (χ0) is 14.3. The first-order valence-corrected chi connectivity index (χ1v) is 6.35. The van der Waals surface area contributed by atoms with Crippen LogP contribution in [0.3, 0.4) is 0 Å². The van der Waals surface area contributed by atoms with E-state index in [2.05, 4.69) is 0 Å². The number of aliphatic carboxylic acids is 1. The second-order valence-electron chi connectivity index (χ2n) is 4.04. The van der Waals surface area contributed by atoms with Gasteiger partial charge in [0.1, 0.15) is 6.54 Å². The molecule has 1 N–H and O–H groups in total. The zero-order valence-electron chi connectivity index (χ0n) is 10.7. The third-order valence-electron chi connectivity index (χ3n) is 2.40. The molecule has 1 aromatic rings. The molecule has 0 aromatic heterocycles. The maximum Gasteiger partial charge on any atom is 0.323 e. The van der Waals surface area contributed by atoms with Gasteiger partial charge >= 0.3 is 5.97 Å². The molecule has 0 radical (unpaired) electrons. The number of hydrogen-bond acceptors (Lipinski definition) is 2. The highest BCUT2D eigenvalue weighted by Gasteiger charge is 2.12. The predicted octanol–water partition coefficient (Wildman–Crippen LogP) is 2.68. The van der Waals surface area contributed by atoms with E-state index >= 15 is 0 Å². The Labute approximate surface area is 117 Å². The summed E-state index contributed by atoms with van der Waals surface area (Å²) >= 11 is 5.83. The van der Waals surface area contributed by atoms with Crippen molar-refractivity contribution in [1.82, 2.24) is 4.90 Å². The molecule has 0 fully saturated rings. The summed E-state index contributed by atoms with van der Waals surface area (Å²) in [5, 5.41) is 9.33. The lowest BCUT2D eigenvalue weighted by Crippen LogP contribution is -2.35. The fourth-order valence-electron chi connectivity index (χ4n) is 1.58. The van der Waals surface area contributed by atoms with E-state index < -0.39 is 5.97 Å². The van der Waals surface area contributed by atoms with Gasteiger partial charge in [-0.3, -0.25) is 9.59 Å². The summed E-state index contributed by atoms with van der Waals surface area (Å²) in [6.45, 7) is 2.03. The quantitative estimate of drug-likeness (QED) is 0.816. The third-order valence-corrected chi connectivity index (χ3v) is 2.63. The Morgan fingerprint density at radius 1 is 1.42 bits per heavy atom. The Hall–Kier alpha value is -1.81. The number of nitrogens with zero attached hydrogens (tertiary/aromatic N) is 1. The topological polar surface area (TPSA) is 57.6 Å². The first-order chi connectivity index (χ1) is 9.02. The van der Waals surface area contributed by atoms with Gasteiger partial charge in [-0.2, -0.15) is 0 Å². The second-order valence-corrected chi connectivity index (χ2v) is 4.48. The number of carbonyl (C=O) groups is 2. The molecular weight excluding hydrogens is 266 g/mol. The van der Waals surface area contributed by atoms with Crippen LogP contribution in [0.2, 0.25) is 5.02 Å². The van der Waals surface area contributed by atoms with Gasteiger partial charge in [0.05, 0.1) is 0 Å². The highest BCUT2D eigenvalue weighted by atomic mass is 35.5. The molecule has 5 heteroatoms. The lowest BCUT2D eigenvalue weighted by atomic mass is 10.2. The van der Waals surface area contributed by atoms with E-state index in [4.69, 9.17) is 16.7 Å². The maximum absolute atomic E-state index is 11.9. The van der Waals surface area contributed by atoms with Crippen molar-refractivity contribution in [2.24, 2.45) is 0 Å². The lowest BCUT2D eigenvalue weighted by Gasteiger charge is -2.17. The number of carboxylic acid groups (broad SMARTS) is 1. The molecule has 0 aliphatic carbocycles. The van der Waals surface area contributed by atoms with Crippen LogP contribution in [0, 0.1) is 0 Å². The minimum absolute atomic E-state index is 0.285. The molecule has 0 heterocycles. The average molecular weight is 282 g/mol. The molecule has 0 bridgehead atoms. The minimum Gasteiger partial charge on any atom is -0.480 e. The molecule has 0 aliphatic heterocycles. The number of hydrogen-bond donors (Lipinski definition) is 1. The molecule has 0 saturated carbocycles. The second kappa shape index (κ2) is 7.59. The van der Waals surface area contributed by atoms with Gasteiger partial charge in [-0.15, -0.1) is 0 Å². The van der Waals surface area contributed by atoms with Gasteiger partial charge in [0.25, 0.3) is 0 Å². The fraction of sp³-hybridized carbons (Fsp3) is 0.286. The molecule has 1 amide bonds. The minimum atomic E-state index is -1.02. The van der Waals surface area contributed by atoms with Crippen LogP contribution in [-0.2, 0) is 9.59 Å². The van der Waals surface area contributed by atoms with Crippen molar-refractivity contribution < 1.29 is 14.7 Å². The van der Waals surface area contributed by atoms with E-state index in [0.717, 1.165) is 5.56 Å². The Morgan fingerprint density at radius 2 is 2.16 bits per heavy atom. The van der Waals surface area contributed by atoms with Crippen molar-refractivity contribution in [1.29, 1.82) is 0 Å². The van der Waals surface area contributed by atoms with E-state index in [9.17, 15) is 9.59 Å². The maximum atomic E-state index is 11.9. The molecule has 0 unspecified atom stereocenters. The first-order valence-electron chi connectivity index (χ1n) is 5.97. The SMILES string of the molecule is CCCN(CC(=O)O)C(=O)/C=C/c1cccc(Cl)c1. The molecule has 1 aromatic carbocycles. The lowest BCUT2D eigenvalue weighted by molar-refractivity contribution is -0.142. The number of carbonyl (C=O) groups excluding carboxylic acids is 1. The first kappa shape index (κ1) is 15.2. The van der Waals surface area contributed by atoms with Crippen molar-refractivity contribution in [3.63, 3.8) is 0 Å². The van der Waals surface area contributed by atoms with Crippen LogP contribution in [0.5, 0.6) is 0 Å². The number of carboxylic acids is 1. The molecule has 0 spiro atoms. The van der Waals surface area contributed by atoms with Crippen molar-refractivity contribution in [3.8, 4) is 0 Å². The van der Waals surface area contributed by atoms with E-state index in [1.54, 1.807) is 24.3 Å². The summed E-state index contributed by atoms with van der Waals surface area (Å²) < 4.78 is 0. The van der Waals surface area contributed by atoms with Gasteiger partial charge in [0, 0.05) is 17.6 Å². The van der Waals surface area contributed by atoms with Crippen LogP contribution in [-0.4, -0.2) is 35.0 Å². The van der Waals surface area contributed by atoms with Crippen LogP contribution in [0.1, 0.15) is 18.9 Å². The zero-order valence-corrected chi connectivity index (χ0v) is 11.4. The van der Waals surface area contributed by atoms with Crippen LogP contribution < -0.4 is 0 Å². The molecule has 1 rings (SSSR count). The normalized spacial score (nSPS) is 10.6. The Balaban J connectivity index is 2.72. The largest absolute Gasteiger partial charge is 0.480 e. The third kappa shape index (κ3) is 5.57. The number of rotatable bonds is 6. The van der Waals surface area contributed by atoms with E-state index in [1.807, 2.05) is 13.0 Å². The number of amides is 1. The molecule has 19 heavy (non-hydrogen) atoms. The van der Waals surface area contributed by atoms with Gasteiger partial charge < -0.3 is 10.0 Å². The molecule has 102 valence electrons. The summed E-state index contributed by atoms with van der Waals surface area (Å²) in [6.07, 6.45) is 3.70. The highest BCUT2D eigenvalue weighted by Crippen LogP contribution is 2.12. The van der Waals surface area contributed by atoms with Gasteiger partial charge in [0.15, 0.2) is 0 Å². The van der Waals surface area contributed by atoms with Crippen LogP contribution in [0.25, 0.3) is 6.08 Å². The van der Waals surface area contributed by atoms with Gasteiger partial charge in [0.2, 0.25) is 5.91 Å². The van der Waals surface area contributed by atoms with Gasteiger partial charge in [-0.05, 0) is 30.2 Å². The van der Waals surface area contributed by atoms with Crippen molar-refractivity contribution in [3.05, 3.63) is 40.9 Å². The van der Waals surface area contributed by atoms with E-state index in [-0.39, 0.29) is 12.5 Å². The van der Waals surface area contributed by atoms with Gasteiger partial charge in [-0.25, -0.2) is 0 Å². The summed E-state index contributed by atoms with van der Waals surface area (Å²) in [5.74, 6) is -1.33. The van der Waals surface area contributed by atoms with Crippen molar-refractivity contribution >= 4 is 29.6 Å². The van der Waals surface area contributed by atoms with Crippen LogP contribution in [0.4, 0.5) is 0 Å². The average Bonchev–Trinajstić information content (AvgIpc) is 2.35. The molecule has 0 atom stereocenters. The monoisotopic (exact) mass is 281 g/mol. The predicted molar refractivity (Wildman–Crippen MR) is 75.0 cm³/mol. The Kier molecular flexibility index (Phi) is 6.09. The Morgan fingerprint density at radius 3 is 2.74 bits per heavy atom. The summed E-state index contributed by atoms with van der Waals surface area (Å²) in [5.41, 5.74) is 0.799. The van der Waals surface area contributed by atoms with Crippen molar-refractivity contribution in [2.45, 2.75) is 13.3 Å². The number of benzene rings is 1. The molecule has 4 nitrogen and oxygen atoms in total. The summed E-state index contributed by atoms with van der Waals surface area (Å²) in [6, 6.07) is 7.08. The fourth-order valence-corrected chi connectivity index (χ4v) is 1.78. The Bertz CT molecular complexity index is 485. The molecular formula is C14H16ClNO3.